The summed E-state index contributed by atoms with van der Waals surface area (Å²) < 4.78 is 0. The van der Waals surface area contributed by atoms with Crippen LogP contribution in [0.4, 0.5) is 0 Å². The van der Waals surface area contributed by atoms with Crippen LogP contribution in [0.2, 0.25) is 0 Å². The molecule has 0 amide bonds. The van der Waals surface area contributed by atoms with Gasteiger partial charge >= 0.3 is 0 Å². The summed E-state index contributed by atoms with van der Waals surface area (Å²) in [5, 5.41) is 12.4. The van der Waals surface area contributed by atoms with Gasteiger partial charge in [0.2, 0.25) is 0 Å². The average molecular weight is 1380 g/mol. The number of rotatable bonds is 12. The van der Waals surface area contributed by atoms with Gasteiger partial charge in [-0.05, 0) is 157 Å². The van der Waals surface area contributed by atoms with Crippen LogP contribution in [0.25, 0.3) is 167 Å². The fourth-order valence-corrected chi connectivity index (χ4v) is 16.0. The highest BCUT2D eigenvalue weighted by atomic mass is 14.9. The maximum absolute atomic E-state index is 5.22. The topological polar surface area (TPSA) is 77.3 Å². The van der Waals surface area contributed by atoms with Gasteiger partial charge in [0.05, 0.1) is 22.8 Å². The molecule has 4 aromatic heterocycles. The van der Waals surface area contributed by atoms with Crippen LogP contribution in [0.5, 0.6) is 0 Å². The summed E-state index contributed by atoms with van der Waals surface area (Å²) in [6, 6.07) is 125. The van der Waals surface area contributed by atoms with Crippen molar-refractivity contribution in [3.8, 4) is 112 Å². The standard InChI is InChI=1S/C51H33N3.C51H35N3/c1-2-14-36(15-3-1)47-32-48(37-28-26-34(27-29-37)40-19-12-30-52-33-40)54-51(53-47)39-18-10-17-38(31-39)49-43-21-6-8-23-45(43)50(46-24-9-7-22-44(46)49)42-25-11-16-35-13-4-5-20-41(35)42;1-2-12-37(13-3-1)49-43-16-6-8-18-45(43)50(46-19-9-7-17-44(46)49)38-25-27-39(28-26-38)51-53-47(36-23-20-35(21-24-36)42-15-10-30-52-33-42)32-48(54-51)41-29-22-34-11-4-5-14-40(34)31-41/h1-33H;1-33,43,45H. The van der Waals surface area contributed by atoms with E-state index in [2.05, 4.69) is 368 Å². The molecule has 0 radical (unpaired) electrons. The molecule has 0 saturated heterocycles. The van der Waals surface area contributed by atoms with E-state index >= 15 is 0 Å². The van der Waals surface area contributed by atoms with Crippen molar-refractivity contribution in [2.24, 2.45) is 11.8 Å². The minimum absolute atomic E-state index is 0.222. The molecule has 6 heteroatoms. The maximum atomic E-state index is 5.22. The fraction of sp³-hybridized carbons (Fsp3) is 0.0196. The first kappa shape index (κ1) is 64.6. The minimum Gasteiger partial charge on any atom is -0.264 e. The summed E-state index contributed by atoms with van der Waals surface area (Å²) in [5.74, 6) is 1.85. The molecule has 2 unspecified atom stereocenters. The maximum Gasteiger partial charge on any atom is 0.160 e. The molecule has 0 spiro atoms. The highest BCUT2D eigenvalue weighted by Crippen LogP contribution is 2.47. The fourth-order valence-electron chi connectivity index (χ4n) is 16.0. The van der Waals surface area contributed by atoms with E-state index in [9.17, 15) is 0 Å². The second-order valence-corrected chi connectivity index (χ2v) is 27.6. The Balaban J connectivity index is 0.000000147. The van der Waals surface area contributed by atoms with E-state index in [1.807, 2.05) is 30.6 Å². The number of fused-ring (bicyclic) bond motifs is 6. The minimum atomic E-state index is 0.222. The number of nitrogens with zero attached hydrogens (tertiary/aromatic N) is 6. The molecule has 0 saturated carbocycles. The van der Waals surface area contributed by atoms with Gasteiger partial charge in [-0.25, -0.2) is 19.9 Å². The van der Waals surface area contributed by atoms with E-state index in [1.54, 1.807) is 12.4 Å². The third-order valence-corrected chi connectivity index (χ3v) is 21.2. The van der Waals surface area contributed by atoms with Gasteiger partial charge in [-0.3, -0.25) is 9.97 Å². The molecule has 506 valence electrons. The Morgan fingerprint density at radius 2 is 0.593 bits per heavy atom. The summed E-state index contributed by atoms with van der Waals surface area (Å²) in [4.78, 5) is 29.4. The molecule has 4 heterocycles. The summed E-state index contributed by atoms with van der Waals surface area (Å²) in [7, 11) is 0. The second-order valence-electron chi connectivity index (χ2n) is 27.6. The van der Waals surface area contributed by atoms with Crippen LogP contribution in [-0.2, 0) is 0 Å². The molecule has 6 nitrogen and oxygen atoms in total. The van der Waals surface area contributed by atoms with Gasteiger partial charge in [-0.15, -0.1) is 0 Å². The zero-order valence-corrected chi connectivity index (χ0v) is 58.9. The van der Waals surface area contributed by atoms with Crippen LogP contribution in [0.3, 0.4) is 0 Å². The lowest BCUT2D eigenvalue weighted by atomic mass is 9.70. The van der Waals surface area contributed by atoms with Crippen LogP contribution >= 0.6 is 0 Å². The molecule has 2 aliphatic carbocycles. The Morgan fingerprint density at radius 3 is 1.15 bits per heavy atom. The molecule has 0 bridgehead atoms. The van der Waals surface area contributed by atoms with Crippen molar-refractivity contribution < 1.29 is 0 Å². The van der Waals surface area contributed by atoms with Crippen molar-refractivity contribution >= 4 is 54.2 Å². The van der Waals surface area contributed by atoms with Gasteiger partial charge in [-0.1, -0.05) is 340 Å². The van der Waals surface area contributed by atoms with Gasteiger partial charge in [-0.2, -0.15) is 0 Å². The third-order valence-electron chi connectivity index (χ3n) is 21.2. The number of benzene rings is 14. The van der Waals surface area contributed by atoms with E-state index < -0.39 is 0 Å². The molecule has 0 aliphatic heterocycles. The molecule has 14 aromatic carbocycles. The number of hydrogen-bond donors (Lipinski definition) is 0. The van der Waals surface area contributed by atoms with Gasteiger partial charge < -0.3 is 0 Å². The van der Waals surface area contributed by atoms with Crippen molar-refractivity contribution in [2.75, 3.05) is 0 Å². The van der Waals surface area contributed by atoms with Gasteiger partial charge in [0.15, 0.2) is 11.6 Å². The zero-order chi connectivity index (χ0) is 71.7. The van der Waals surface area contributed by atoms with Crippen molar-refractivity contribution in [3.63, 3.8) is 0 Å². The van der Waals surface area contributed by atoms with Gasteiger partial charge in [0.25, 0.3) is 0 Å². The predicted molar refractivity (Wildman–Crippen MR) is 446 cm³/mol. The number of allylic oxidation sites excluding steroid dienone is 4. The first-order valence-corrected chi connectivity index (χ1v) is 36.8. The molecule has 0 fully saturated rings. The number of hydrogen-bond acceptors (Lipinski definition) is 6. The van der Waals surface area contributed by atoms with Gasteiger partial charge in [0, 0.05) is 70.0 Å². The smallest absolute Gasteiger partial charge is 0.160 e. The lowest BCUT2D eigenvalue weighted by Gasteiger charge is -2.33. The molecule has 2 aliphatic rings. The molecule has 20 rings (SSSR count). The molecule has 2 atom stereocenters. The summed E-state index contributed by atoms with van der Waals surface area (Å²) in [6.07, 6.45) is 16.5. The van der Waals surface area contributed by atoms with Crippen molar-refractivity contribution in [1.82, 2.24) is 29.9 Å². The Bertz CT molecular complexity index is 6570. The molecule has 0 N–H and O–H groups in total. The molecule has 108 heavy (non-hydrogen) atoms. The van der Waals surface area contributed by atoms with Crippen LogP contribution in [0.1, 0.15) is 11.1 Å². The third kappa shape index (κ3) is 12.4. The SMILES string of the molecule is C1=CC2C(c3ccccc3)=c3ccccc3=C(c3ccc(-c4nc(-c5ccc(-c6cccnc6)cc5)cc(-c5ccc6ccccc6c5)n4)cc3)C2C=C1.c1ccc(-c2cc(-c3ccc(-c4cccnc4)cc3)nc(-c3cccc(-c4c5ccccc5c(-c5cccc6ccccc56)c5ccccc45)c3)n2)cc1. The first-order valence-electron chi connectivity index (χ1n) is 36.8. The quantitative estimate of drug-likeness (QED) is 0.113. The zero-order valence-electron chi connectivity index (χ0n) is 58.9. The summed E-state index contributed by atoms with van der Waals surface area (Å²) >= 11 is 0. The number of pyridine rings is 2. The van der Waals surface area contributed by atoms with Crippen molar-refractivity contribution in [1.29, 1.82) is 0 Å². The number of aromatic nitrogens is 6. The molecular weight excluding hydrogens is 1310 g/mol. The van der Waals surface area contributed by atoms with Gasteiger partial charge in [0.1, 0.15) is 0 Å². The highest BCUT2D eigenvalue weighted by molar-refractivity contribution is 6.23. The first-order chi connectivity index (χ1) is 53.5. The summed E-state index contributed by atoms with van der Waals surface area (Å²) in [6.45, 7) is 0. The van der Waals surface area contributed by atoms with Crippen LogP contribution in [0, 0.1) is 11.8 Å². The van der Waals surface area contributed by atoms with Crippen molar-refractivity contribution in [3.05, 3.63) is 423 Å². The van der Waals surface area contributed by atoms with Crippen LogP contribution < -0.4 is 10.4 Å². The van der Waals surface area contributed by atoms with Crippen LogP contribution in [0.15, 0.2) is 401 Å². The highest BCUT2D eigenvalue weighted by Gasteiger charge is 2.32. The summed E-state index contributed by atoms with van der Waals surface area (Å²) in [5.41, 5.74) is 24.1. The monoisotopic (exact) mass is 1380 g/mol. The van der Waals surface area contributed by atoms with E-state index in [-0.39, 0.29) is 11.8 Å². The van der Waals surface area contributed by atoms with E-state index in [0.29, 0.717) is 11.6 Å². The lowest BCUT2D eigenvalue weighted by Crippen LogP contribution is -2.40. The normalized spacial score (nSPS) is 13.6. The van der Waals surface area contributed by atoms with Crippen molar-refractivity contribution in [2.45, 2.75) is 0 Å². The molecule has 18 aromatic rings. The van der Waals surface area contributed by atoms with E-state index in [1.165, 1.54) is 92.5 Å². The average Bonchev–Trinajstić information content (AvgIpc) is 0.735. The van der Waals surface area contributed by atoms with E-state index in [4.69, 9.17) is 19.9 Å². The Kier molecular flexibility index (Phi) is 17.0. The molecular formula is C102H68N6. The largest absolute Gasteiger partial charge is 0.264 e. The Morgan fingerprint density at radius 1 is 0.213 bits per heavy atom. The predicted octanol–water partition coefficient (Wildman–Crippen LogP) is 23.8. The lowest BCUT2D eigenvalue weighted by molar-refractivity contribution is 0.686. The second kappa shape index (κ2) is 28.4. The van der Waals surface area contributed by atoms with E-state index in [0.717, 1.165) is 84.0 Å². The van der Waals surface area contributed by atoms with Crippen LogP contribution in [-0.4, -0.2) is 29.9 Å². The Hall–Kier alpha value is -14.2. The Labute approximate surface area is 626 Å².